The number of nitrogens with zero attached hydrogens (tertiary/aromatic N) is 7. The fraction of sp³-hybridized carbons (Fsp3) is 0.304. The van der Waals surface area contributed by atoms with Crippen LogP contribution in [0.25, 0.3) is 22.0 Å². The Bertz CT molecular complexity index is 1440. The maximum absolute atomic E-state index is 12.7. The summed E-state index contributed by atoms with van der Waals surface area (Å²) in [5.74, 6) is -0.0392. The zero-order chi connectivity index (χ0) is 26.2. The average molecular weight is 529 g/mol. The molecule has 1 aliphatic rings. The number of pyridine rings is 1. The molecule has 0 aliphatic carbocycles. The van der Waals surface area contributed by atoms with E-state index in [2.05, 4.69) is 30.4 Å². The molecule has 14 heteroatoms. The van der Waals surface area contributed by atoms with E-state index >= 15 is 0 Å². The molecule has 0 unspecified atom stereocenters. The third kappa shape index (κ3) is 4.84. The highest BCUT2D eigenvalue weighted by Gasteiger charge is 2.47. The highest BCUT2D eigenvalue weighted by Crippen LogP contribution is 2.38. The summed E-state index contributed by atoms with van der Waals surface area (Å²) in [6, 6.07) is 7.08. The molecule has 1 saturated heterocycles. The second kappa shape index (κ2) is 9.78. The van der Waals surface area contributed by atoms with Gasteiger partial charge in [0.15, 0.2) is 5.60 Å². The fourth-order valence-corrected chi connectivity index (χ4v) is 4.90. The van der Waals surface area contributed by atoms with Crippen LogP contribution in [-0.2, 0) is 16.9 Å². The van der Waals surface area contributed by atoms with Crippen LogP contribution in [0, 0.1) is 0 Å². The largest absolute Gasteiger partial charge is 0.478 e. The van der Waals surface area contributed by atoms with Crippen molar-refractivity contribution in [2.45, 2.75) is 25.0 Å². The van der Waals surface area contributed by atoms with Crippen molar-refractivity contribution in [3.05, 3.63) is 47.9 Å². The van der Waals surface area contributed by atoms with Crippen molar-refractivity contribution in [3.63, 3.8) is 0 Å². The molecule has 4 aromatic heterocycles. The molecule has 0 saturated carbocycles. The number of alkyl halides is 2. The number of halogens is 2. The number of nitrogens with one attached hydrogen (secondary N) is 1. The van der Waals surface area contributed by atoms with E-state index < -0.39 is 18.6 Å². The lowest BCUT2D eigenvalue weighted by molar-refractivity contribution is -0.143. The second-order valence-corrected chi connectivity index (χ2v) is 9.36. The topological polar surface area (TPSA) is 131 Å². The van der Waals surface area contributed by atoms with Crippen LogP contribution in [0.15, 0.2) is 42.9 Å². The Hall–Kier alpha value is -4.04. The molecular weight excluding hydrogens is 506 g/mol. The lowest BCUT2D eigenvalue weighted by atomic mass is 10.0. The number of aliphatic hydroxyl groups is 1. The lowest BCUT2D eigenvalue weighted by Crippen LogP contribution is -2.35. The summed E-state index contributed by atoms with van der Waals surface area (Å²) in [5, 5.41) is 18.1. The van der Waals surface area contributed by atoms with Gasteiger partial charge < -0.3 is 20.1 Å². The second-order valence-electron chi connectivity index (χ2n) is 8.33. The monoisotopic (exact) mass is 528 g/mol. The molecule has 4 aromatic rings. The minimum Gasteiger partial charge on any atom is -0.478 e. The summed E-state index contributed by atoms with van der Waals surface area (Å²) in [6.07, 6.45) is 2.24. The first kappa shape index (κ1) is 24.6. The minimum absolute atomic E-state index is 0.129. The van der Waals surface area contributed by atoms with E-state index in [9.17, 15) is 18.7 Å². The molecule has 5 heterocycles. The minimum atomic E-state index is -2.56. The molecule has 192 valence electrons. The van der Waals surface area contributed by atoms with Crippen LogP contribution in [0.4, 0.5) is 20.4 Å². The zero-order valence-electron chi connectivity index (χ0n) is 19.8. The molecule has 0 bridgehead atoms. The van der Waals surface area contributed by atoms with Gasteiger partial charge in [0.2, 0.25) is 5.95 Å². The molecule has 1 amide bonds. The van der Waals surface area contributed by atoms with Crippen LogP contribution in [0.1, 0.15) is 11.4 Å². The number of rotatable bonds is 8. The summed E-state index contributed by atoms with van der Waals surface area (Å²) >= 11 is 1.21. The van der Waals surface area contributed by atoms with Crippen molar-refractivity contribution < 1.29 is 23.4 Å². The number of likely N-dealkylation sites (tertiary alicyclic amines) is 1. The van der Waals surface area contributed by atoms with Gasteiger partial charge >= 0.3 is 0 Å². The van der Waals surface area contributed by atoms with Gasteiger partial charge in [-0.3, -0.25) is 9.48 Å². The number of likely N-dealkylation sites (N-methyl/N-ethyl adjacent to an activating group) is 1. The number of aromatic nitrogens is 6. The molecule has 1 atom stereocenters. The SMILES string of the molecule is COc1nn(CC(F)F)cc1Nc1nccc(-c2cccc(-c3cnc([C@]4(O)CCN(C)C4=O)s3)n2)n1. The highest BCUT2D eigenvalue weighted by molar-refractivity contribution is 7.15. The molecule has 11 nitrogen and oxygen atoms in total. The Labute approximate surface area is 213 Å². The van der Waals surface area contributed by atoms with E-state index in [1.807, 2.05) is 6.07 Å². The van der Waals surface area contributed by atoms with Crippen LogP contribution in [-0.4, -0.2) is 72.8 Å². The number of amides is 1. The summed E-state index contributed by atoms with van der Waals surface area (Å²) < 4.78 is 31.7. The van der Waals surface area contributed by atoms with Crippen molar-refractivity contribution in [2.24, 2.45) is 0 Å². The number of hydrogen-bond acceptors (Lipinski definition) is 10. The normalized spacial score (nSPS) is 17.6. The van der Waals surface area contributed by atoms with Gasteiger partial charge in [-0.2, -0.15) is 0 Å². The molecule has 0 spiro atoms. The fourth-order valence-electron chi connectivity index (χ4n) is 3.91. The predicted octanol–water partition coefficient (Wildman–Crippen LogP) is 2.93. The highest BCUT2D eigenvalue weighted by atomic mass is 32.1. The molecule has 0 aromatic carbocycles. The van der Waals surface area contributed by atoms with E-state index in [-0.39, 0.29) is 24.2 Å². The quantitative estimate of drug-likeness (QED) is 0.354. The predicted molar refractivity (Wildman–Crippen MR) is 131 cm³/mol. The van der Waals surface area contributed by atoms with Gasteiger partial charge in [-0.05, 0) is 18.2 Å². The van der Waals surface area contributed by atoms with Crippen molar-refractivity contribution in [1.82, 2.24) is 34.6 Å². The Kier molecular flexibility index (Phi) is 6.52. The summed E-state index contributed by atoms with van der Waals surface area (Å²) in [4.78, 5) is 32.3. The molecule has 1 aliphatic heterocycles. The average Bonchev–Trinajstić information content (AvgIpc) is 3.60. The lowest BCUT2D eigenvalue weighted by Gasteiger charge is -2.17. The Morgan fingerprint density at radius 2 is 2.00 bits per heavy atom. The van der Waals surface area contributed by atoms with E-state index in [1.165, 1.54) is 35.7 Å². The maximum atomic E-state index is 12.7. The maximum Gasteiger partial charge on any atom is 0.261 e. The van der Waals surface area contributed by atoms with Gasteiger partial charge in [-0.1, -0.05) is 6.07 Å². The van der Waals surface area contributed by atoms with E-state index in [0.29, 0.717) is 39.2 Å². The Morgan fingerprint density at radius 1 is 1.22 bits per heavy atom. The number of thiazole rings is 1. The number of ether oxygens (including phenoxy) is 1. The first-order chi connectivity index (χ1) is 17.8. The van der Waals surface area contributed by atoms with Gasteiger partial charge in [0.05, 0.1) is 35.3 Å². The van der Waals surface area contributed by atoms with Gasteiger partial charge in [-0.15, -0.1) is 16.4 Å². The number of hydrogen-bond donors (Lipinski definition) is 2. The van der Waals surface area contributed by atoms with E-state index in [1.54, 1.807) is 31.4 Å². The van der Waals surface area contributed by atoms with Crippen LogP contribution in [0.3, 0.4) is 0 Å². The van der Waals surface area contributed by atoms with Crippen molar-refractivity contribution in [3.8, 4) is 27.8 Å². The molecule has 37 heavy (non-hydrogen) atoms. The summed E-state index contributed by atoms with van der Waals surface area (Å²) in [7, 11) is 3.04. The van der Waals surface area contributed by atoms with Crippen LogP contribution >= 0.6 is 11.3 Å². The van der Waals surface area contributed by atoms with Crippen LogP contribution in [0.2, 0.25) is 0 Å². The van der Waals surface area contributed by atoms with Crippen LogP contribution < -0.4 is 10.1 Å². The van der Waals surface area contributed by atoms with E-state index in [0.717, 1.165) is 4.68 Å². The van der Waals surface area contributed by atoms with Gasteiger partial charge in [-0.25, -0.2) is 28.7 Å². The van der Waals surface area contributed by atoms with Gasteiger partial charge in [0.25, 0.3) is 18.2 Å². The number of anilines is 2. The zero-order valence-corrected chi connectivity index (χ0v) is 20.6. The number of methoxy groups -OCH3 is 1. The third-order valence-electron chi connectivity index (χ3n) is 5.78. The van der Waals surface area contributed by atoms with E-state index in [4.69, 9.17) is 4.74 Å². The first-order valence-corrected chi connectivity index (χ1v) is 12.0. The standard InChI is InChI=1S/C23H22F2N8O3S/c1-32-9-7-23(35,21(32)34)20-27-10-17(37-20)15-5-3-4-13(28-15)14-6-8-26-22(29-14)30-16-11-33(12-18(24)25)31-19(16)36-2/h3-6,8,10-11,18,35H,7,9,12H2,1-2H3,(H,26,29,30)/t23-/m1/s1. The number of carbonyl (C=O) groups is 1. The molecule has 0 radical (unpaired) electrons. The number of carbonyl (C=O) groups excluding carboxylic acids is 1. The van der Waals surface area contributed by atoms with Crippen molar-refractivity contribution in [2.75, 3.05) is 26.0 Å². The Morgan fingerprint density at radius 3 is 2.73 bits per heavy atom. The molecule has 1 fully saturated rings. The summed E-state index contributed by atoms with van der Waals surface area (Å²) in [5.41, 5.74) is 0.381. The molecule has 2 N–H and O–H groups in total. The third-order valence-corrected chi connectivity index (χ3v) is 6.95. The molecule has 5 rings (SSSR count). The smallest absolute Gasteiger partial charge is 0.261 e. The van der Waals surface area contributed by atoms with Crippen molar-refractivity contribution >= 4 is 28.9 Å². The van der Waals surface area contributed by atoms with Gasteiger partial charge in [0, 0.05) is 32.4 Å². The summed E-state index contributed by atoms with van der Waals surface area (Å²) in [6.45, 7) is -0.113. The first-order valence-electron chi connectivity index (χ1n) is 11.2. The molecular formula is C23H22F2N8O3S. The van der Waals surface area contributed by atoms with Crippen LogP contribution in [0.5, 0.6) is 5.88 Å². The van der Waals surface area contributed by atoms with Crippen molar-refractivity contribution in [1.29, 1.82) is 0 Å². The Balaban J connectivity index is 1.39. The van der Waals surface area contributed by atoms with Gasteiger partial charge in [0.1, 0.15) is 17.2 Å².